The molecule has 0 bridgehead atoms. The van der Waals surface area contributed by atoms with E-state index >= 15 is 0 Å². The molecule has 0 aliphatic heterocycles. The number of benzene rings is 3. The standard InChI is InChI=1S/C23H22N2O3/c1-2-27-22-15-18(16-24-19-9-5-3-6-10-19)13-14-21(22)28-17-23(26)25-20-11-7-4-8-12-20/h3-16H,2,17H2,1H3,(H,25,26). The van der Waals surface area contributed by atoms with Gasteiger partial charge in [0.15, 0.2) is 18.1 Å². The number of ether oxygens (including phenoxy) is 2. The molecule has 3 aromatic rings. The third kappa shape index (κ3) is 5.71. The van der Waals surface area contributed by atoms with Gasteiger partial charge in [-0.2, -0.15) is 0 Å². The highest BCUT2D eigenvalue weighted by Crippen LogP contribution is 2.28. The maximum absolute atomic E-state index is 12.1. The van der Waals surface area contributed by atoms with Crippen molar-refractivity contribution in [3.05, 3.63) is 84.4 Å². The molecule has 0 atom stereocenters. The number of rotatable bonds is 8. The molecule has 0 fully saturated rings. The summed E-state index contributed by atoms with van der Waals surface area (Å²) in [5, 5.41) is 2.79. The predicted octanol–water partition coefficient (Wildman–Crippen LogP) is 4.85. The highest BCUT2D eigenvalue weighted by molar-refractivity contribution is 5.91. The molecular weight excluding hydrogens is 352 g/mol. The van der Waals surface area contributed by atoms with E-state index in [1.54, 1.807) is 12.3 Å². The normalized spacial score (nSPS) is 10.6. The maximum atomic E-state index is 12.1. The Morgan fingerprint density at radius 1 is 0.929 bits per heavy atom. The summed E-state index contributed by atoms with van der Waals surface area (Å²) in [4.78, 5) is 16.5. The summed E-state index contributed by atoms with van der Waals surface area (Å²) in [5.74, 6) is 0.859. The van der Waals surface area contributed by atoms with Crippen LogP contribution in [-0.4, -0.2) is 25.3 Å². The monoisotopic (exact) mass is 374 g/mol. The number of hydrogen-bond acceptors (Lipinski definition) is 4. The molecule has 0 radical (unpaired) electrons. The number of nitrogens with one attached hydrogen (secondary N) is 1. The van der Waals surface area contributed by atoms with Crippen molar-refractivity contribution < 1.29 is 14.3 Å². The van der Waals surface area contributed by atoms with Crippen LogP contribution in [0, 0.1) is 0 Å². The van der Waals surface area contributed by atoms with Crippen LogP contribution in [0.5, 0.6) is 11.5 Å². The van der Waals surface area contributed by atoms with Crippen LogP contribution in [-0.2, 0) is 4.79 Å². The number of nitrogens with zero attached hydrogens (tertiary/aromatic N) is 1. The van der Waals surface area contributed by atoms with Crippen LogP contribution in [0.4, 0.5) is 11.4 Å². The molecule has 0 heterocycles. The molecule has 0 aliphatic carbocycles. The van der Waals surface area contributed by atoms with Crippen LogP contribution in [0.3, 0.4) is 0 Å². The van der Waals surface area contributed by atoms with Gasteiger partial charge < -0.3 is 14.8 Å². The van der Waals surface area contributed by atoms with E-state index in [9.17, 15) is 4.79 Å². The van der Waals surface area contributed by atoms with Crippen LogP contribution < -0.4 is 14.8 Å². The lowest BCUT2D eigenvalue weighted by molar-refractivity contribution is -0.118. The summed E-state index contributed by atoms with van der Waals surface area (Å²) in [6, 6.07) is 24.5. The Hall–Kier alpha value is -3.60. The third-order valence-electron chi connectivity index (χ3n) is 3.80. The summed E-state index contributed by atoms with van der Waals surface area (Å²) in [5.41, 5.74) is 2.49. The largest absolute Gasteiger partial charge is 0.490 e. The number of amides is 1. The lowest BCUT2D eigenvalue weighted by Gasteiger charge is -2.12. The first-order chi connectivity index (χ1) is 13.7. The predicted molar refractivity (Wildman–Crippen MR) is 112 cm³/mol. The number of aliphatic imine (C=N–C) groups is 1. The van der Waals surface area contributed by atoms with Gasteiger partial charge in [0.25, 0.3) is 5.91 Å². The Kier molecular flexibility index (Phi) is 6.79. The molecule has 1 N–H and O–H groups in total. The van der Waals surface area contributed by atoms with E-state index in [4.69, 9.17) is 9.47 Å². The molecule has 3 rings (SSSR count). The zero-order chi connectivity index (χ0) is 19.6. The second-order valence-corrected chi connectivity index (χ2v) is 5.94. The zero-order valence-electron chi connectivity index (χ0n) is 15.7. The fourth-order valence-corrected chi connectivity index (χ4v) is 2.52. The topological polar surface area (TPSA) is 59.9 Å². The SMILES string of the molecule is CCOc1cc(C=Nc2ccccc2)ccc1OCC(=O)Nc1ccccc1. The minimum atomic E-state index is -0.233. The van der Waals surface area contributed by atoms with Crippen LogP contribution in [0.25, 0.3) is 0 Å². The van der Waals surface area contributed by atoms with Gasteiger partial charge in [-0.3, -0.25) is 9.79 Å². The van der Waals surface area contributed by atoms with Gasteiger partial charge in [-0.1, -0.05) is 36.4 Å². The molecule has 0 saturated heterocycles. The lowest BCUT2D eigenvalue weighted by Crippen LogP contribution is -2.20. The molecule has 0 saturated carbocycles. The van der Waals surface area contributed by atoms with E-state index < -0.39 is 0 Å². The number of carbonyl (C=O) groups excluding carboxylic acids is 1. The molecule has 0 unspecified atom stereocenters. The summed E-state index contributed by atoms with van der Waals surface area (Å²) in [7, 11) is 0. The number of para-hydroxylation sites is 2. The molecule has 1 amide bonds. The Morgan fingerprint density at radius 3 is 2.36 bits per heavy atom. The fourth-order valence-electron chi connectivity index (χ4n) is 2.52. The Labute approximate surface area is 164 Å². The Bertz CT molecular complexity index is 925. The van der Waals surface area contributed by atoms with Gasteiger partial charge in [-0.05, 0) is 55.0 Å². The minimum absolute atomic E-state index is 0.105. The van der Waals surface area contributed by atoms with E-state index in [2.05, 4.69) is 10.3 Å². The van der Waals surface area contributed by atoms with E-state index in [0.717, 1.165) is 16.9 Å². The lowest BCUT2D eigenvalue weighted by atomic mass is 10.2. The van der Waals surface area contributed by atoms with Crippen molar-refractivity contribution in [3.63, 3.8) is 0 Å². The quantitative estimate of drug-likeness (QED) is 0.573. The van der Waals surface area contributed by atoms with Crippen LogP contribution in [0.2, 0.25) is 0 Å². The summed E-state index contributed by atoms with van der Waals surface area (Å²) < 4.78 is 11.3. The second kappa shape index (κ2) is 9.92. The van der Waals surface area contributed by atoms with Gasteiger partial charge >= 0.3 is 0 Å². The average Bonchev–Trinajstić information content (AvgIpc) is 2.73. The molecule has 3 aromatic carbocycles. The number of carbonyl (C=O) groups is 1. The molecule has 5 nitrogen and oxygen atoms in total. The van der Waals surface area contributed by atoms with Crippen molar-refractivity contribution in [2.45, 2.75) is 6.92 Å². The van der Waals surface area contributed by atoms with Gasteiger partial charge in [-0.25, -0.2) is 0 Å². The van der Waals surface area contributed by atoms with Crippen molar-refractivity contribution in [1.29, 1.82) is 0 Å². The first-order valence-corrected chi connectivity index (χ1v) is 9.08. The maximum Gasteiger partial charge on any atom is 0.262 e. The second-order valence-electron chi connectivity index (χ2n) is 5.94. The molecule has 0 aromatic heterocycles. The van der Waals surface area contributed by atoms with Gasteiger partial charge in [0.1, 0.15) is 0 Å². The highest BCUT2D eigenvalue weighted by Gasteiger charge is 2.09. The van der Waals surface area contributed by atoms with Gasteiger partial charge in [0.2, 0.25) is 0 Å². The molecule has 0 spiro atoms. The zero-order valence-corrected chi connectivity index (χ0v) is 15.7. The minimum Gasteiger partial charge on any atom is -0.490 e. The first-order valence-electron chi connectivity index (χ1n) is 9.08. The van der Waals surface area contributed by atoms with Gasteiger partial charge in [-0.15, -0.1) is 0 Å². The van der Waals surface area contributed by atoms with Gasteiger partial charge in [0, 0.05) is 11.9 Å². The molecule has 5 heteroatoms. The van der Waals surface area contributed by atoms with Crippen molar-refractivity contribution in [2.75, 3.05) is 18.5 Å². The van der Waals surface area contributed by atoms with Crippen molar-refractivity contribution in [3.8, 4) is 11.5 Å². The van der Waals surface area contributed by atoms with Crippen molar-refractivity contribution in [1.82, 2.24) is 0 Å². The van der Waals surface area contributed by atoms with E-state index in [-0.39, 0.29) is 12.5 Å². The molecule has 142 valence electrons. The third-order valence-corrected chi connectivity index (χ3v) is 3.80. The summed E-state index contributed by atoms with van der Waals surface area (Å²) in [6.07, 6.45) is 1.77. The van der Waals surface area contributed by atoms with Crippen molar-refractivity contribution >= 4 is 23.5 Å². The number of hydrogen-bond donors (Lipinski definition) is 1. The van der Waals surface area contributed by atoms with E-state index in [1.807, 2.05) is 79.7 Å². The van der Waals surface area contributed by atoms with Crippen LogP contribution in [0.15, 0.2) is 83.9 Å². The highest BCUT2D eigenvalue weighted by atomic mass is 16.5. The fraction of sp³-hybridized carbons (Fsp3) is 0.130. The van der Waals surface area contributed by atoms with Crippen LogP contribution in [0.1, 0.15) is 12.5 Å². The smallest absolute Gasteiger partial charge is 0.262 e. The average molecular weight is 374 g/mol. The number of anilines is 1. The molecule has 28 heavy (non-hydrogen) atoms. The summed E-state index contributed by atoms with van der Waals surface area (Å²) >= 11 is 0. The van der Waals surface area contributed by atoms with Crippen molar-refractivity contribution in [2.24, 2.45) is 4.99 Å². The molecular formula is C23H22N2O3. The van der Waals surface area contributed by atoms with Gasteiger partial charge in [0.05, 0.1) is 12.3 Å². The Morgan fingerprint density at radius 2 is 1.64 bits per heavy atom. The van der Waals surface area contributed by atoms with E-state index in [1.165, 1.54) is 0 Å². The molecule has 0 aliphatic rings. The van der Waals surface area contributed by atoms with E-state index in [0.29, 0.717) is 18.1 Å². The first kappa shape index (κ1) is 19.2. The summed E-state index contributed by atoms with van der Waals surface area (Å²) in [6.45, 7) is 2.29. The Balaban J connectivity index is 1.65. The van der Waals surface area contributed by atoms with Crippen LogP contribution >= 0.6 is 0 Å².